The molecule has 4 heterocycles. The van der Waals surface area contributed by atoms with Gasteiger partial charge in [-0.05, 0) is 17.2 Å². The Labute approximate surface area is 173 Å². The summed E-state index contributed by atoms with van der Waals surface area (Å²) in [5, 5.41) is 19.6. The van der Waals surface area contributed by atoms with E-state index in [4.69, 9.17) is 21.1 Å². The number of ether oxygens (including phenoxy) is 2. The molecule has 2 N–H and O–H groups in total. The topological polar surface area (TPSA) is 81.4 Å². The number of aromatic nitrogens is 3. The summed E-state index contributed by atoms with van der Waals surface area (Å²) in [7, 11) is 0. The predicted molar refractivity (Wildman–Crippen MR) is 107 cm³/mol. The zero-order valence-electron chi connectivity index (χ0n) is 15.6. The first-order valence-corrected chi connectivity index (χ1v) is 9.95. The Bertz CT molecular complexity index is 983. The number of hydrogen-bond donors (Lipinski definition) is 2. The third kappa shape index (κ3) is 3.56. The van der Waals surface area contributed by atoms with E-state index in [1.807, 2.05) is 42.6 Å². The minimum Gasteiger partial charge on any atom is -0.389 e. The molecule has 5 rings (SSSR count). The maximum atomic E-state index is 11.2. The fourth-order valence-electron chi connectivity index (χ4n) is 3.99. The Morgan fingerprint density at radius 3 is 2.86 bits per heavy atom. The second-order valence-electron chi connectivity index (χ2n) is 7.31. The highest BCUT2D eigenvalue weighted by Gasteiger charge is 2.51. The molecule has 2 aliphatic rings. The summed E-state index contributed by atoms with van der Waals surface area (Å²) in [4.78, 5) is 4.01. The van der Waals surface area contributed by atoms with Crippen molar-refractivity contribution < 1.29 is 14.6 Å². The number of nitrogens with zero attached hydrogens (tertiary/aromatic N) is 3. The molecule has 0 amide bonds. The van der Waals surface area contributed by atoms with Gasteiger partial charge in [-0.25, -0.2) is 0 Å². The van der Waals surface area contributed by atoms with E-state index in [2.05, 4.69) is 15.4 Å². The third-order valence-corrected chi connectivity index (χ3v) is 5.87. The molecule has 0 aliphatic carbocycles. The molecule has 2 bridgehead atoms. The minimum atomic E-state index is -0.731. The third-order valence-electron chi connectivity index (χ3n) is 5.53. The fraction of sp³-hybridized carbons (Fsp3) is 0.333. The second-order valence-corrected chi connectivity index (χ2v) is 7.71. The van der Waals surface area contributed by atoms with Crippen molar-refractivity contribution in [2.75, 3.05) is 6.61 Å². The maximum Gasteiger partial charge on any atom is 0.183 e. The Hall–Kier alpha value is -2.29. The molecule has 2 fully saturated rings. The molecule has 2 saturated heterocycles. The number of rotatable bonds is 5. The highest BCUT2D eigenvalue weighted by molar-refractivity contribution is 6.31. The predicted octanol–water partition coefficient (Wildman–Crippen LogP) is 2.41. The molecule has 2 aromatic heterocycles. The molecule has 29 heavy (non-hydrogen) atoms. The van der Waals surface area contributed by atoms with Gasteiger partial charge in [0.15, 0.2) is 6.29 Å². The van der Waals surface area contributed by atoms with Crippen molar-refractivity contribution >= 4 is 11.6 Å². The first-order valence-electron chi connectivity index (χ1n) is 9.57. The number of pyridine rings is 1. The van der Waals surface area contributed by atoms with Crippen molar-refractivity contribution in [1.29, 1.82) is 0 Å². The monoisotopic (exact) mass is 412 g/mol. The van der Waals surface area contributed by atoms with Gasteiger partial charge in [-0.1, -0.05) is 41.9 Å². The van der Waals surface area contributed by atoms with Crippen molar-refractivity contribution in [3.05, 3.63) is 71.8 Å². The van der Waals surface area contributed by atoms with Crippen LogP contribution in [0.5, 0.6) is 0 Å². The van der Waals surface area contributed by atoms with Crippen molar-refractivity contribution in [2.45, 2.75) is 37.1 Å². The van der Waals surface area contributed by atoms with Gasteiger partial charge < -0.3 is 19.9 Å². The number of fused-ring (bicyclic) bond motifs is 2. The standard InChI is InChI=1S/C21H21ClN4O3/c22-16-10-23-7-6-14(16)8-24-18-17-12-28-21(29-17)19(20(18)27)26-11-15(9-25-26)13-4-2-1-3-5-13/h1-7,9-11,17-21,24,27H,8,12H2/t17-,18-,19-,20+,21-/m1/s1. The summed E-state index contributed by atoms with van der Waals surface area (Å²) in [5.74, 6) is 0. The van der Waals surface area contributed by atoms with Crippen LogP contribution >= 0.6 is 11.6 Å². The number of halogens is 1. The van der Waals surface area contributed by atoms with Gasteiger partial charge >= 0.3 is 0 Å². The summed E-state index contributed by atoms with van der Waals surface area (Å²) in [5.41, 5.74) is 2.96. The van der Waals surface area contributed by atoms with Crippen LogP contribution in [0.25, 0.3) is 11.1 Å². The summed E-state index contributed by atoms with van der Waals surface area (Å²) in [6.45, 7) is 0.918. The molecule has 8 heteroatoms. The van der Waals surface area contributed by atoms with Crippen LogP contribution in [-0.2, 0) is 16.0 Å². The molecule has 5 atom stereocenters. The smallest absolute Gasteiger partial charge is 0.183 e. The van der Waals surface area contributed by atoms with Gasteiger partial charge in [0.1, 0.15) is 12.1 Å². The number of aliphatic hydroxyl groups excluding tert-OH is 1. The van der Waals surface area contributed by atoms with Crippen molar-refractivity contribution in [2.24, 2.45) is 0 Å². The van der Waals surface area contributed by atoms with Crippen molar-refractivity contribution in [3.8, 4) is 11.1 Å². The lowest BCUT2D eigenvalue weighted by Crippen LogP contribution is -2.57. The number of aliphatic hydroxyl groups is 1. The fourth-order valence-corrected chi connectivity index (χ4v) is 4.18. The van der Waals surface area contributed by atoms with E-state index in [0.717, 1.165) is 16.7 Å². The van der Waals surface area contributed by atoms with Crippen molar-refractivity contribution in [1.82, 2.24) is 20.1 Å². The molecular formula is C21H21ClN4O3. The average molecular weight is 413 g/mol. The van der Waals surface area contributed by atoms with Crippen LogP contribution < -0.4 is 5.32 Å². The SMILES string of the molecule is O[C@H]1[C@H](NCc2ccncc2Cl)[C@H]2CO[C@H](O2)[C@@H]1n1cc(-c2ccccc2)cn1. The molecule has 7 nitrogen and oxygen atoms in total. The maximum absolute atomic E-state index is 11.2. The van der Waals surface area contributed by atoms with E-state index in [0.29, 0.717) is 18.2 Å². The Morgan fingerprint density at radius 1 is 1.17 bits per heavy atom. The second kappa shape index (κ2) is 7.85. The molecule has 0 saturated carbocycles. The first kappa shape index (κ1) is 18.7. The van der Waals surface area contributed by atoms with Crippen LogP contribution in [0.2, 0.25) is 5.02 Å². The summed E-state index contributed by atoms with van der Waals surface area (Å²) in [6.07, 6.45) is 5.54. The quantitative estimate of drug-likeness (QED) is 0.669. The van der Waals surface area contributed by atoms with Crippen LogP contribution in [0.3, 0.4) is 0 Å². The Kier molecular flexibility index (Phi) is 5.07. The van der Waals surface area contributed by atoms with E-state index in [9.17, 15) is 5.11 Å². The van der Waals surface area contributed by atoms with E-state index < -0.39 is 18.4 Å². The molecule has 0 radical (unpaired) electrons. The lowest BCUT2D eigenvalue weighted by Gasteiger charge is -2.38. The van der Waals surface area contributed by atoms with E-state index >= 15 is 0 Å². The van der Waals surface area contributed by atoms with Gasteiger partial charge in [-0.3, -0.25) is 9.67 Å². The van der Waals surface area contributed by atoms with Crippen molar-refractivity contribution in [3.63, 3.8) is 0 Å². The zero-order chi connectivity index (χ0) is 19.8. The molecule has 0 spiro atoms. The summed E-state index contributed by atoms with van der Waals surface area (Å²) < 4.78 is 13.6. The van der Waals surface area contributed by atoms with Gasteiger partial charge in [0.05, 0.1) is 30.0 Å². The normalized spacial score (nSPS) is 28.6. The number of benzene rings is 1. The van der Waals surface area contributed by atoms with Crippen LogP contribution in [0.15, 0.2) is 61.2 Å². The largest absolute Gasteiger partial charge is 0.389 e. The van der Waals surface area contributed by atoms with E-state index in [1.54, 1.807) is 23.3 Å². The highest BCUT2D eigenvalue weighted by Crippen LogP contribution is 2.36. The molecular weight excluding hydrogens is 392 g/mol. The highest BCUT2D eigenvalue weighted by atomic mass is 35.5. The van der Waals surface area contributed by atoms with E-state index in [1.165, 1.54) is 0 Å². The van der Waals surface area contributed by atoms with Gasteiger partial charge in [-0.2, -0.15) is 5.10 Å². The van der Waals surface area contributed by atoms with E-state index in [-0.39, 0.29) is 12.1 Å². The molecule has 3 aromatic rings. The number of nitrogens with one attached hydrogen (secondary N) is 1. The Morgan fingerprint density at radius 2 is 2.03 bits per heavy atom. The average Bonchev–Trinajstić information content (AvgIpc) is 3.39. The van der Waals surface area contributed by atoms with Gasteiger partial charge in [0.2, 0.25) is 0 Å². The Balaban J connectivity index is 1.37. The first-order chi connectivity index (χ1) is 14.2. The summed E-state index contributed by atoms with van der Waals surface area (Å²) in [6, 6.07) is 11.1. The van der Waals surface area contributed by atoms with Gasteiger partial charge in [0, 0.05) is 30.7 Å². The number of hydrogen-bond acceptors (Lipinski definition) is 6. The molecule has 2 aliphatic heterocycles. The summed E-state index contributed by atoms with van der Waals surface area (Å²) >= 11 is 6.21. The molecule has 0 unspecified atom stereocenters. The zero-order valence-corrected chi connectivity index (χ0v) is 16.3. The lowest BCUT2D eigenvalue weighted by atomic mass is 9.96. The van der Waals surface area contributed by atoms with Crippen LogP contribution in [-0.4, -0.2) is 51.0 Å². The lowest BCUT2D eigenvalue weighted by molar-refractivity contribution is -0.168. The van der Waals surface area contributed by atoms with Crippen LogP contribution in [0, 0.1) is 0 Å². The van der Waals surface area contributed by atoms with Gasteiger partial charge in [-0.15, -0.1) is 0 Å². The molecule has 1 aromatic carbocycles. The van der Waals surface area contributed by atoms with Crippen LogP contribution in [0.4, 0.5) is 0 Å². The molecule has 150 valence electrons. The van der Waals surface area contributed by atoms with Crippen LogP contribution in [0.1, 0.15) is 11.6 Å². The minimum absolute atomic E-state index is 0.226. The van der Waals surface area contributed by atoms with Gasteiger partial charge in [0.25, 0.3) is 0 Å².